The van der Waals surface area contributed by atoms with Crippen LogP contribution in [0.5, 0.6) is 0 Å². The highest BCUT2D eigenvalue weighted by atomic mass is 35.5. The largest absolute Gasteiger partial charge is 0.349 e. The average Bonchev–Trinajstić information content (AvgIpc) is 3.19. The second kappa shape index (κ2) is 5.21. The standard InChI is InChI=1S/C15H16ClN5S/c1-9-12(13(16)20(2)19-9)11-4-3-6-21(11)14-10-5-7-22-15(10)18-8-17-14/h5,7-8,11H,3-4,6H2,1-2H3/t11-/m1/s1. The van der Waals surface area contributed by atoms with E-state index in [0.29, 0.717) is 0 Å². The van der Waals surface area contributed by atoms with Crippen molar-refractivity contribution >= 4 is 39.0 Å². The molecule has 0 saturated carbocycles. The third kappa shape index (κ3) is 2.01. The Balaban J connectivity index is 1.83. The molecule has 1 aliphatic heterocycles. The Hall–Kier alpha value is -1.66. The number of anilines is 1. The number of rotatable bonds is 2. The number of aromatic nitrogens is 4. The summed E-state index contributed by atoms with van der Waals surface area (Å²) in [6.45, 7) is 3.01. The van der Waals surface area contributed by atoms with E-state index in [9.17, 15) is 0 Å². The molecule has 0 bridgehead atoms. The van der Waals surface area contributed by atoms with Gasteiger partial charge in [0.1, 0.15) is 22.1 Å². The molecule has 0 aliphatic carbocycles. The van der Waals surface area contributed by atoms with Gasteiger partial charge in [-0.3, -0.25) is 4.68 Å². The fourth-order valence-electron chi connectivity index (χ4n) is 3.35. The molecular weight excluding hydrogens is 318 g/mol. The van der Waals surface area contributed by atoms with Crippen molar-refractivity contribution in [2.24, 2.45) is 7.05 Å². The Labute approximate surface area is 137 Å². The number of fused-ring (bicyclic) bond motifs is 1. The molecule has 0 unspecified atom stereocenters. The van der Waals surface area contributed by atoms with Gasteiger partial charge < -0.3 is 4.90 Å². The molecule has 1 aliphatic rings. The molecule has 4 rings (SSSR count). The minimum absolute atomic E-state index is 0.235. The van der Waals surface area contributed by atoms with Crippen molar-refractivity contribution in [2.75, 3.05) is 11.4 Å². The number of hydrogen-bond donors (Lipinski definition) is 0. The molecule has 114 valence electrons. The normalized spacial score (nSPS) is 18.5. The van der Waals surface area contributed by atoms with E-state index in [1.807, 2.05) is 14.0 Å². The van der Waals surface area contributed by atoms with Crippen LogP contribution in [0.25, 0.3) is 10.2 Å². The van der Waals surface area contributed by atoms with E-state index in [1.54, 1.807) is 22.3 Å². The van der Waals surface area contributed by atoms with Crippen LogP contribution in [-0.4, -0.2) is 26.3 Å². The molecule has 1 saturated heterocycles. The molecule has 5 nitrogen and oxygen atoms in total. The van der Waals surface area contributed by atoms with Gasteiger partial charge in [0, 0.05) is 19.2 Å². The molecule has 0 aromatic carbocycles. The quantitative estimate of drug-likeness (QED) is 0.717. The molecule has 4 heterocycles. The summed E-state index contributed by atoms with van der Waals surface area (Å²) < 4.78 is 1.75. The molecule has 7 heteroatoms. The summed E-state index contributed by atoms with van der Waals surface area (Å²) >= 11 is 8.13. The van der Waals surface area contributed by atoms with E-state index in [2.05, 4.69) is 31.4 Å². The van der Waals surface area contributed by atoms with Crippen LogP contribution < -0.4 is 4.90 Å². The van der Waals surface area contributed by atoms with Crippen LogP contribution in [0.2, 0.25) is 5.15 Å². The third-order valence-corrected chi connectivity index (χ3v) is 5.56. The molecule has 22 heavy (non-hydrogen) atoms. The van der Waals surface area contributed by atoms with Crippen LogP contribution in [0, 0.1) is 6.92 Å². The van der Waals surface area contributed by atoms with Gasteiger partial charge in [0.2, 0.25) is 0 Å². The molecule has 0 amide bonds. The van der Waals surface area contributed by atoms with Gasteiger partial charge in [-0.1, -0.05) is 11.6 Å². The summed E-state index contributed by atoms with van der Waals surface area (Å²) in [5.74, 6) is 1.01. The van der Waals surface area contributed by atoms with E-state index < -0.39 is 0 Å². The average molecular weight is 334 g/mol. The van der Waals surface area contributed by atoms with Crippen molar-refractivity contribution in [3.63, 3.8) is 0 Å². The lowest BCUT2D eigenvalue weighted by Crippen LogP contribution is -2.24. The van der Waals surface area contributed by atoms with E-state index in [-0.39, 0.29) is 6.04 Å². The second-order valence-electron chi connectivity index (χ2n) is 5.60. The maximum atomic E-state index is 6.49. The van der Waals surface area contributed by atoms with Gasteiger partial charge in [0.15, 0.2) is 0 Å². The summed E-state index contributed by atoms with van der Waals surface area (Å²) in [7, 11) is 1.89. The van der Waals surface area contributed by atoms with Crippen molar-refractivity contribution in [1.29, 1.82) is 0 Å². The van der Waals surface area contributed by atoms with Crippen LogP contribution in [-0.2, 0) is 7.05 Å². The first-order valence-electron chi connectivity index (χ1n) is 7.30. The summed E-state index contributed by atoms with van der Waals surface area (Å²) in [6.07, 6.45) is 3.86. The van der Waals surface area contributed by atoms with Gasteiger partial charge in [0.25, 0.3) is 0 Å². The van der Waals surface area contributed by atoms with Gasteiger partial charge in [-0.05, 0) is 31.2 Å². The highest BCUT2D eigenvalue weighted by molar-refractivity contribution is 7.16. The lowest BCUT2D eigenvalue weighted by molar-refractivity contribution is 0.707. The summed E-state index contributed by atoms with van der Waals surface area (Å²) in [4.78, 5) is 12.3. The van der Waals surface area contributed by atoms with Gasteiger partial charge in [-0.15, -0.1) is 11.3 Å². The maximum absolute atomic E-state index is 6.49. The van der Waals surface area contributed by atoms with Crippen molar-refractivity contribution in [1.82, 2.24) is 19.7 Å². The van der Waals surface area contributed by atoms with Crippen LogP contribution in [0.3, 0.4) is 0 Å². The molecule has 1 fully saturated rings. The Morgan fingerprint density at radius 3 is 3.00 bits per heavy atom. The fourth-order valence-corrected chi connectivity index (χ4v) is 4.38. The minimum Gasteiger partial charge on any atom is -0.349 e. The molecule has 3 aromatic heterocycles. The van der Waals surface area contributed by atoms with Gasteiger partial charge in [0.05, 0.1) is 17.1 Å². The molecule has 0 spiro atoms. The number of hydrogen-bond acceptors (Lipinski definition) is 5. The minimum atomic E-state index is 0.235. The first-order chi connectivity index (χ1) is 10.7. The van der Waals surface area contributed by atoms with E-state index in [4.69, 9.17) is 11.6 Å². The molecule has 3 aromatic rings. The van der Waals surface area contributed by atoms with Gasteiger partial charge in [-0.2, -0.15) is 5.10 Å². The first kappa shape index (κ1) is 14.0. The number of halogens is 1. The predicted molar refractivity (Wildman–Crippen MR) is 89.7 cm³/mol. The monoisotopic (exact) mass is 333 g/mol. The van der Waals surface area contributed by atoms with E-state index >= 15 is 0 Å². The van der Waals surface area contributed by atoms with Crippen molar-refractivity contribution in [2.45, 2.75) is 25.8 Å². The molecular formula is C15H16ClN5S. The van der Waals surface area contributed by atoms with Crippen molar-refractivity contribution < 1.29 is 0 Å². The first-order valence-corrected chi connectivity index (χ1v) is 8.56. The molecule has 0 radical (unpaired) electrons. The number of thiophene rings is 1. The van der Waals surface area contributed by atoms with Crippen LogP contribution in [0.1, 0.15) is 30.1 Å². The van der Waals surface area contributed by atoms with Crippen molar-refractivity contribution in [3.8, 4) is 0 Å². The summed E-state index contributed by atoms with van der Waals surface area (Å²) in [6, 6.07) is 2.33. The lowest BCUT2D eigenvalue weighted by Gasteiger charge is -2.26. The zero-order chi connectivity index (χ0) is 15.3. The van der Waals surface area contributed by atoms with Crippen molar-refractivity contribution in [3.05, 3.63) is 34.2 Å². The van der Waals surface area contributed by atoms with Crippen LogP contribution in [0.4, 0.5) is 5.82 Å². The number of aryl methyl sites for hydroxylation is 2. The van der Waals surface area contributed by atoms with E-state index in [0.717, 1.165) is 51.8 Å². The Kier molecular flexibility index (Phi) is 3.31. The Morgan fingerprint density at radius 1 is 1.36 bits per heavy atom. The van der Waals surface area contributed by atoms with E-state index in [1.165, 1.54) is 0 Å². The number of nitrogens with zero attached hydrogens (tertiary/aromatic N) is 5. The highest BCUT2D eigenvalue weighted by Crippen LogP contribution is 2.41. The smallest absolute Gasteiger partial charge is 0.141 e. The van der Waals surface area contributed by atoms with Gasteiger partial charge in [-0.25, -0.2) is 9.97 Å². The molecule has 0 N–H and O–H groups in total. The Bertz CT molecular complexity index is 840. The summed E-state index contributed by atoms with van der Waals surface area (Å²) in [5.41, 5.74) is 2.13. The maximum Gasteiger partial charge on any atom is 0.141 e. The lowest BCUT2D eigenvalue weighted by atomic mass is 10.1. The van der Waals surface area contributed by atoms with Crippen LogP contribution >= 0.6 is 22.9 Å². The predicted octanol–water partition coefficient (Wildman–Crippen LogP) is 3.73. The third-order valence-electron chi connectivity index (χ3n) is 4.29. The zero-order valence-electron chi connectivity index (χ0n) is 12.5. The van der Waals surface area contributed by atoms with Gasteiger partial charge >= 0.3 is 0 Å². The topological polar surface area (TPSA) is 46.8 Å². The SMILES string of the molecule is Cc1nn(C)c(Cl)c1[C@H]1CCCN1c1ncnc2sccc12. The second-order valence-corrected chi connectivity index (χ2v) is 6.85. The molecule has 1 atom stereocenters. The zero-order valence-corrected chi connectivity index (χ0v) is 14.0. The fraction of sp³-hybridized carbons (Fsp3) is 0.400. The Morgan fingerprint density at radius 2 is 2.23 bits per heavy atom. The van der Waals surface area contributed by atoms with Crippen LogP contribution in [0.15, 0.2) is 17.8 Å². The highest BCUT2D eigenvalue weighted by Gasteiger charge is 2.32. The summed E-state index contributed by atoms with van der Waals surface area (Å²) in [5, 5.41) is 8.38.